The lowest BCUT2D eigenvalue weighted by Gasteiger charge is -2.35. The first-order valence-electron chi connectivity index (χ1n) is 10.7. The van der Waals surface area contributed by atoms with Crippen molar-refractivity contribution in [3.63, 3.8) is 0 Å². The van der Waals surface area contributed by atoms with Gasteiger partial charge in [-0.3, -0.25) is 4.99 Å². The Morgan fingerprint density at radius 1 is 1.15 bits per heavy atom. The molecule has 2 fully saturated rings. The first kappa shape index (κ1) is 20.0. The van der Waals surface area contributed by atoms with Crippen molar-refractivity contribution in [1.82, 2.24) is 15.5 Å². The summed E-state index contributed by atoms with van der Waals surface area (Å²) in [5, 5.41) is 7.12. The Labute approximate surface area is 165 Å². The molecule has 2 saturated heterocycles. The minimum Gasteiger partial charge on any atom is -0.369 e. The molecule has 0 spiro atoms. The second kappa shape index (κ2) is 9.98. The van der Waals surface area contributed by atoms with Gasteiger partial charge in [0.05, 0.1) is 0 Å². The van der Waals surface area contributed by atoms with E-state index in [4.69, 9.17) is 4.99 Å². The highest BCUT2D eigenvalue weighted by Gasteiger charge is 2.24. The third-order valence-electron chi connectivity index (χ3n) is 5.78. The average molecular weight is 372 g/mol. The zero-order chi connectivity index (χ0) is 19.1. The fourth-order valence-corrected chi connectivity index (χ4v) is 4.20. The van der Waals surface area contributed by atoms with Gasteiger partial charge in [0.25, 0.3) is 0 Å². The van der Waals surface area contributed by atoms with Crippen molar-refractivity contribution < 1.29 is 0 Å². The fourth-order valence-electron chi connectivity index (χ4n) is 4.20. The maximum atomic E-state index is 4.94. The Morgan fingerprint density at radius 2 is 1.96 bits per heavy atom. The van der Waals surface area contributed by atoms with Gasteiger partial charge >= 0.3 is 0 Å². The SMILES string of the molecule is CCNC(=NCC1CCCN(C(C)C)C1)NC1CCN(c2ccccc2)C1. The van der Waals surface area contributed by atoms with Crippen LogP contribution in [0, 0.1) is 5.92 Å². The number of piperidine rings is 1. The van der Waals surface area contributed by atoms with Crippen LogP contribution in [-0.4, -0.2) is 62.2 Å². The van der Waals surface area contributed by atoms with Crippen LogP contribution >= 0.6 is 0 Å². The molecule has 5 nitrogen and oxygen atoms in total. The molecule has 2 aliphatic rings. The van der Waals surface area contributed by atoms with Gasteiger partial charge in [-0.15, -0.1) is 0 Å². The summed E-state index contributed by atoms with van der Waals surface area (Å²) in [7, 11) is 0. The van der Waals surface area contributed by atoms with Crippen LogP contribution in [-0.2, 0) is 0 Å². The van der Waals surface area contributed by atoms with Gasteiger partial charge in [0.1, 0.15) is 0 Å². The molecule has 0 bridgehead atoms. The molecule has 2 unspecified atom stereocenters. The van der Waals surface area contributed by atoms with E-state index in [1.165, 1.54) is 31.6 Å². The Balaban J connectivity index is 1.52. The van der Waals surface area contributed by atoms with E-state index in [1.807, 2.05) is 0 Å². The largest absolute Gasteiger partial charge is 0.369 e. The third-order valence-corrected chi connectivity index (χ3v) is 5.78. The van der Waals surface area contributed by atoms with Crippen LogP contribution in [0.3, 0.4) is 0 Å². The van der Waals surface area contributed by atoms with Gasteiger partial charge in [-0.1, -0.05) is 18.2 Å². The number of para-hydroxylation sites is 1. The Bertz CT molecular complexity index is 586. The summed E-state index contributed by atoms with van der Waals surface area (Å²) in [6.45, 7) is 13.2. The van der Waals surface area contributed by atoms with Crippen LogP contribution in [0.4, 0.5) is 5.69 Å². The van der Waals surface area contributed by atoms with Crippen LogP contribution in [0.5, 0.6) is 0 Å². The van der Waals surface area contributed by atoms with E-state index in [-0.39, 0.29) is 0 Å². The molecule has 27 heavy (non-hydrogen) atoms. The topological polar surface area (TPSA) is 42.9 Å². The average Bonchev–Trinajstić information content (AvgIpc) is 3.16. The molecule has 0 aliphatic carbocycles. The monoisotopic (exact) mass is 371 g/mol. The molecule has 1 aromatic rings. The van der Waals surface area contributed by atoms with Crippen molar-refractivity contribution >= 4 is 11.6 Å². The van der Waals surface area contributed by atoms with Gasteiger partial charge in [0.2, 0.25) is 0 Å². The normalized spacial score (nSPS) is 24.4. The van der Waals surface area contributed by atoms with Gasteiger partial charge in [0, 0.05) is 50.5 Å². The van der Waals surface area contributed by atoms with Crippen LogP contribution in [0.15, 0.2) is 35.3 Å². The summed E-state index contributed by atoms with van der Waals surface area (Å²) in [6, 6.07) is 11.8. The van der Waals surface area contributed by atoms with Crippen LogP contribution in [0.2, 0.25) is 0 Å². The molecule has 2 heterocycles. The minimum atomic E-state index is 0.460. The summed E-state index contributed by atoms with van der Waals surface area (Å²) in [5.41, 5.74) is 1.32. The van der Waals surface area contributed by atoms with E-state index in [0.29, 0.717) is 18.0 Å². The number of nitrogens with one attached hydrogen (secondary N) is 2. The van der Waals surface area contributed by atoms with Crippen molar-refractivity contribution in [3.05, 3.63) is 30.3 Å². The lowest BCUT2D eigenvalue weighted by Crippen LogP contribution is -2.45. The number of hydrogen-bond donors (Lipinski definition) is 2. The highest BCUT2D eigenvalue weighted by atomic mass is 15.2. The van der Waals surface area contributed by atoms with E-state index in [0.717, 1.165) is 38.6 Å². The number of likely N-dealkylation sites (tertiary alicyclic amines) is 1. The van der Waals surface area contributed by atoms with Gasteiger partial charge in [-0.05, 0) is 64.6 Å². The van der Waals surface area contributed by atoms with Crippen LogP contribution < -0.4 is 15.5 Å². The van der Waals surface area contributed by atoms with E-state index in [9.17, 15) is 0 Å². The standard InChI is InChI=1S/C22H37N5/c1-4-23-22(24-15-19-9-8-13-26(16-19)18(2)3)25-20-12-14-27(17-20)21-10-6-5-7-11-21/h5-7,10-11,18-20H,4,8-9,12-17H2,1-3H3,(H2,23,24,25). The molecule has 2 N–H and O–H groups in total. The van der Waals surface area contributed by atoms with E-state index in [2.05, 4.69) is 71.5 Å². The van der Waals surface area contributed by atoms with Gasteiger partial charge in [-0.25, -0.2) is 0 Å². The Kier molecular flexibility index (Phi) is 7.39. The molecular weight excluding hydrogens is 334 g/mol. The summed E-state index contributed by atoms with van der Waals surface area (Å²) in [5.74, 6) is 1.67. The number of nitrogens with zero attached hydrogens (tertiary/aromatic N) is 3. The molecule has 0 radical (unpaired) electrons. The smallest absolute Gasteiger partial charge is 0.191 e. The van der Waals surface area contributed by atoms with Crippen LogP contribution in [0.25, 0.3) is 0 Å². The third kappa shape index (κ3) is 5.86. The summed E-state index contributed by atoms with van der Waals surface area (Å²) in [4.78, 5) is 10.00. The lowest BCUT2D eigenvalue weighted by atomic mass is 9.97. The van der Waals surface area contributed by atoms with Crippen molar-refractivity contribution in [2.45, 2.75) is 52.1 Å². The quantitative estimate of drug-likeness (QED) is 0.596. The van der Waals surface area contributed by atoms with Crippen molar-refractivity contribution in [1.29, 1.82) is 0 Å². The zero-order valence-electron chi connectivity index (χ0n) is 17.3. The Hall–Kier alpha value is -1.75. The lowest BCUT2D eigenvalue weighted by molar-refractivity contribution is 0.143. The maximum absolute atomic E-state index is 4.94. The van der Waals surface area contributed by atoms with Gasteiger partial charge in [0.15, 0.2) is 5.96 Å². The van der Waals surface area contributed by atoms with Crippen molar-refractivity contribution in [3.8, 4) is 0 Å². The van der Waals surface area contributed by atoms with E-state index >= 15 is 0 Å². The maximum Gasteiger partial charge on any atom is 0.191 e. The Morgan fingerprint density at radius 3 is 2.70 bits per heavy atom. The highest BCUT2D eigenvalue weighted by molar-refractivity contribution is 5.80. The predicted molar refractivity (Wildman–Crippen MR) is 116 cm³/mol. The molecule has 150 valence electrons. The first-order chi connectivity index (χ1) is 13.2. The summed E-state index contributed by atoms with van der Waals surface area (Å²) in [6.07, 6.45) is 3.76. The minimum absolute atomic E-state index is 0.460. The fraction of sp³-hybridized carbons (Fsp3) is 0.682. The van der Waals surface area contributed by atoms with E-state index < -0.39 is 0 Å². The molecule has 5 heteroatoms. The van der Waals surface area contributed by atoms with E-state index in [1.54, 1.807) is 0 Å². The molecule has 0 amide bonds. The number of rotatable bonds is 6. The summed E-state index contributed by atoms with van der Waals surface area (Å²) >= 11 is 0. The number of guanidine groups is 1. The number of anilines is 1. The van der Waals surface area contributed by atoms with Crippen LogP contribution in [0.1, 0.15) is 40.0 Å². The first-order valence-corrected chi connectivity index (χ1v) is 10.7. The summed E-state index contributed by atoms with van der Waals surface area (Å²) < 4.78 is 0. The van der Waals surface area contributed by atoms with Gasteiger partial charge < -0.3 is 20.4 Å². The van der Waals surface area contributed by atoms with Gasteiger partial charge in [-0.2, -0.15) is 0 Å². The van der Waals surface area contributed by atoms with Crippen molar-refractivity contribution in [2.24, 2.45) is 10.9 Å². The molecule has 1 aromatic carbocycles. The molecule has 0 aromatic heterocycles. The molecule has 0 saturated carbocycles. The predicted octanol–water partition coefficient (Wildman–Crippen LogP) is 2.94. The zero-order valence-corrected chi connectivity index (χ0v) is 17.3. The second-order valence-corrected chi connectivity index (χ2v) is 8.23. The molecule has 2 atom stereocenters. The molecule has 3 rings (SSSR count). The molecule has 2 aliphatic heterocycles. The number of aliphatic imine (C=N–C) groups is 1. The molecular formula is C22H37N5. The second-order valence-electron chi connectivity index (χ2n) is 8.23. The van der Waals surface area contributed by atoms with Crippen molar-refractivity contribution in [2.75, 3.05) is 44.2 Å². The number of hydrogen-bond acceptors (Lipinski definition) is 3. The highest BCUT2D eigenvalue weighted by Crippen LogP contribution is 2.20. The number of benzene rings is 1.